The van der Waals surface area contributed by atoms with Gasteiger partial charge in [0, 0.05) is 31.2 Å². The number of methoxy groups -OCH3 is 1. The molecule has 1 heterocycles. The van der Waals surface area contributed by atoms with E-state index in [0.29, 0.717) is 18.8 Å². The number of hydrogen-bond donors (Lipinski definition) is 1. The Hall–Kier alpha value is -1.91. The normalized spacial score (nSPS) is 20.7. The molecule has 110 valence electrons. The number of hydrogen-bond acceptors (Lipinski definition) is 3. The van der Waals surface area contributed by atoms with Gasteiger partial charge in [-0.3, -0.25) is 0 Å². The summed E-state index contributed by atoms with van der Waals surface area (Å²) < 4.78 is 24.6. The molecular formula is C17H18FNO2. The topological polar surface area (TPSA) is 44.5 Å². The summed E-state index contributed by atoms with van der Waals surface area (Å²) in [6.45, 7) is 0.515. The molecule has 3 rings (SSSR count). The number of rotatable bonds is 3. The van der Waals surface area contributed by atoms with Crippen molar-refractivity contribution in [3.63, 3.8) is 0 Å². The van der Waals surface area contributed by atoms with E-state index in [9.17, 15) is 4.39 Å². The average Bonchev–Trinajstić information content (AvgIpc) is 2.47. The van der Waals surface area contributed by atoms with E-state index in [2.05, 4.69) is 0 Å². The molecule has 21 heavy (non-hydrogen) atoms. The Morgan fingerprint density at radius 1 is 1.24 bits per heavy atom. The van der Waals surface area contributed by atoms with Crippen molar-refractivity contribution < 1.29 is 13.9 Å². The highest BCUT2D eigenvalue weighted by atomic mass is 19.1. The summed E-state index contributed by atoms with van der Waals surface area (Å²) in [6, 6.07) is 12.3. The molecule has 0 fully saturated rings. The predicted molar refractivity (Wildman–Crippen MR) is 78.5 cm³/mol. The van der Waals surface area contributed by atoms with E-state index in [1.54, 1.807) is 13.2 Å². The van der Waals surface area contributed by atoms with E-state index in [0.717, 1.165) is 16.7 Å². The second kappa shape index (κ2) is 5.84. The highest BCUT2D eigenvalue weighted by Crippen LogP contribution is 2.40. The zero-order chi connectivity index (χ0) is 14.8. The van der Waals surface area contributed by atoms with Crippen molar-refractivity contribution in [1.82, 2.24) is 0 Å². The fraction of sp³-hybridized carbons (Fsp3) is 0.294. The maximum Gasteiger partial charge on any atom is 0.127 e. The van der Waals surface area contributed by atoms with Crippen molar-refractivity contribution in [2.45, 2.75) is 25.2 Å². The van der Waals surface area contributed by atoms with Gasteiger partial charge in [0.05, 0.1) is 6.61 Å². The first-order valence-corrected chi connectivity index (χ1v) is 6.97. The number of benzene rings is 2. The molecule has 0 saturated heterocycles. The molecule has 0 amide bonds. The minimum Gasteiger partial charge on any atom is -0.485 e. The van der Waals surface area contributed by atoms with E-state index >= 15 is 0 Å². The molecule has 4 heteroatoms. The fourth-order valence-corrected chi connectivity index (χ4v) is 2.80. The van der Waals surface area contributed by atoms with Gasteiger partial charge in [-0.1, -0.05) is 30.3 Å². The van der Waals surface area contributed by atoms with Crippen LogP contribution in [0.25, 0.3) is 0 Å². The van der Waals surface area contributed by atoms with Crippen molar-refractivity contribution >= 4 is 0 Å². The van der Waals surface area contributed by atoms with Crippen molar-refractivity contribution in [3.8, 4) is 5.75 Å². The lowest BCUT2D eigenvalue weighted by atomic mass is 9.91. The van der Waals surface area contributed by atoms with E-state index in [4.69, 9.17) is 15.2 Å². The molecule has 0 spiro atoms. The maximum atomic E-state index is 13.4. The Kier molecular flexibility index (Phi) is 3.90. The van der Waals surface area contributed by atoms with Gasteiger partial charge in [0.2, 0.25) is 0 Å². The molecule has 3 nitrogen and oxygen atoms in total. The standard InChI is InChI=1S/C17H18FNO2/c1-20-10-11-4-2-3-5-13(11)17-9-15(19)14-7-6-12(18)8-16(14)21-17/h2-8,15,17H,9-10,19H2,1H3/t15-,17?/m1/s1. The number of halogens is 1. The summed E-state index contributed by atoms with van der Waals surface area (Å²) in [4.78, 5) is 0. The molecular weight excluding hydrogens is 269 g/mol. The number of ether oxygens (including phenoxy) is 2. The van der Waals surface area contributed by atoms with Crippen LogP contribution in [0.2, 0.25) is 0 Å². The van der Waals surface area contributed by atoms with Crippen LogP contribution in [-0.2, 0) is 11.3 Å². The average molecular weight is 287 g/mol. The predicted octanol–water partition coefficient (Wildman–Crippen LogP) is 3.50. The number of nitrogens with two attached hydrogens (primary N) is 1. The zero-order valence-corrected chi connectivity index (χ0v) is 11.9. The van der Waals surface area contributed by atoms with Crippen LogP contribution >= 0.6 is 0 Å². The molecule has 1 unspecified atom stereocenters. The van der Waals surface area contributed by atoms with Gasteiger partial charge in [-0.25, -0.2) is 4.39 Å². The third-order valence-corrected chi connectivity index (χ3v) is 3.81. The van der Waals surface area contributed by atoms with Gasteiger partial charge < -0.3 is 15.2 Å². The summed E-state index contributed by atoms with van der Waals surface area (Å²) >= 11 is 0. The fourth-order valence-electron chi connectivity index (χ4n) is 2.80. The SMILES string of the molecule is COCc1ccccc1C1C[C@@H](N)c2ccc(F)cc2O1. The van der Waals surface area contributed by atoms with Gasteiger partial charge in [0.1, 0.15) is 17.7 Å². The van der Waals surface area contributed by atoms with Crippen molar-refractivity contribution in [2.75, 3.05) is 7.11 Å². The van der Waals surface area contributed by atoms with Crippen molar-refractivity contribution in [1.29, 1.82) is 0 Å². The Bertz CT molecular complexity index is 644. The minimum absolute atomic E-state index is 0.157. The van der Waals surface area contributed by atoms with E-state index in [1.807, 2.05) is 24.3 Å². The largest absolute Gasteiger partial charge is 0.485 e. The molecule has 0 aromatic heterocycles. The van der Waals surface area contributed by atoms with Crippen LogP contribution in [0.1, 0.15) is 35.3 Å². The molecule has 1 aliphatic heterocycles. The smallest absolute Gasteiger partial charge is 0.127 e. The maximum absolute atomic E-state index is 13.4. The van der Waals surface area contributed by atoms with Gasteiger partial charge in [-0.2, -0.15) is 0 Å². The summed E-state index contributed by atoms with van der Waals surface area (Å²) in [6.07, 6.45) is 0.486. The molecule has 0 aliphatic carbocycles. The molecule has 2 N–H and O–H groups in total. The van der Waals surface area contributed by atoms with E-state index < -0.39 is 0 Å². The van der Waals surface area contributed by atoms with Gasteiger partial charge >= 0.3 is 0 Å². The summed E-state index contributed by atoms with van der Waals surface area (Å²) in [5, 5.41) is 0. The Morgan fingerprint density at radius 2 is 2.05 bits per heavy atom. The Labute approximate surface area is 123 Å². The first kappa shape index (κ1) is 14.0. The van der Waals surface area contributed by atoms with Gasteiger partial charge in [0.15, 0.2) is 0 Å². The quantitative estimate of drug-likeness (QED) is 0.939. The lowest BCUT2D eigenvalue weighted by Crippen LogP contribution is -2.25. The monoisotopic (exact) mass is 287 g/mol. The Morgan fingerprint density at radius 3 is 2.86 bits per heavy atom. The number of fused-ring (bicyclic) bond motifs is 1. The molecule has 2 aromatic carbocycles. The van der Waals surface area contributed by atoms with Gasteiger partial charge in [-0.15, -0.1) is 0 Å². The van der Waals surface area contributed by atoms with Crippen LogP contribution in [0.4, 0.5) is 4.39 Å². The summed E-state index contributed by atoms with van der Waals surface area (Å²) in [7, 11) is 1.66. The zero-order valence-electron chi connectivity index (χ0n) is 11.9. The van der Waals surface area contributed by atoms with Crippen molar-refractivity contribution in [3.05, 3.63) is 65.0 Å². The first-order valence-electron chi connectivity index (χ1n) is 6.97. The summed E-state index contributed by atoms with van der Waals surface area (Å²) in [5.74, 6) is 0.220. The molecule has 2 atom stereocenters. The third-order valence-electron chi connectivity index (χ3n) is 3.81. The van der Waals surface area contributed by atoms with Crippen LogP contribution in [0.3, 0.4) is 0 Å². The Balaban J connectivity index is 1.95. The highest BCUT2D eigenvalue weighted by Gasteiger charge is 2.28. The van der Waals surface area contributed by atoms with Crippen molar-refractivity contribution in [2.24, 2.45) is 5.73 Å². The second-order valence-corrected chi connectivity index (χ2v) is 5.26. The summed E-state index contributed by atoms with van der Waals surface area (Å²) in [5.41, 5.74) is 9.19. The van der Waals surface area contributed by atoms with Crippen LogP contribution in [0, 0.1) is 5.82 Å². The first-order chi connectivity index (χ1) is 10.2. The van der Waals surface area contributed by atoms with E-state index in [-0.39, 0.29) is 18.0 Å². The molecule has 2 aromatic rings. The molecule has 0 saturated carbocycles. The van der Waals surface area contributed by atoms with Crippen LogP contribution in [0.15, 0.2) is 42.5 Å². The third kappa shape index (κ3) is 2.77. The lowest BCUT2D eigenvalue weighted by Gasteiger charge is -2.31. The lowest BCUT2D eigenvalue weighted by molar-refractivity contribution is 0.150. The van der Waals surface area contributed by atoms with Crippen LogP contribution < -0.4 is 10.5 Å². The van der Waals surface area contributed by atoms with Crippen LogP contribution in [-0.4, -0.2) is 7.11 Å². The highest BCUT2D eigenvalue weighted by molar-refractivity contribution is 5.40. The minimum atomic E-state index is -0.313. The van der Waals surface area contributed by atoms with E-state index in [1.165, 1.54) is 12.1 Å². The van der Waals surface area contributed by atoms with Gasteiger partial charge in [0.25, 0.3) is 0 Å². The molecule has 0 radical (unpaired) electrons. The second-order valence-electron chi connectivity index (χ2n) is 5.26. The molecule has 1 aliphatic rings. The van der Waals surface area contributed by atoms with Gasteiger partial charge in [-0.05, 0) is 17.2 Å². The van der Waals surface area contributed by atoms with Crippen LogP contribution in [0.5, 0.6) is 5.75 Å². The molecule has 0 bridgehead atoms.